The van der Waals surface area contributed by atoms with Gasteiger partial charge in [0, 0.05) is 19.2 Å². The first-order valence-electron chi connectivity index (χ1n) is 7.84. The highest BCUT2D eigenvalue weighted by atomic mass is 16.7. The van der Waals surface area contributed by atoms with Crippen molar-refractivity contribution in [3.05, 3.63) is 23.8 Å². The molecule has 2 rings (SSSR count). The standard InChI is InChI=1S/C17H21NO6/c1-4-18(5-2)17(20)24-13-8-9-14-16(23-11-22-14)12(13)7-10-15(19)21-6-3/h7-10H,4-6,11H2,1-3H3/b10-7+. The van der Waals surface area contributed by atoms with E-state index in [1.54, 1.807) is 24.0 Å². The van der Waals surface area contributed by atoms with E-state index in [0.29, 0.717) is 30.2 Å². The molecule has 130 valence electrons. The van der Waals surface area contributed by atoms with Crippen molar-refractivity contribution < 1.29 is 28.5 Å². The molecule has 7 nitrogen and oxygen atoms in total. The van der Waals surface area contributed by atoms with Crippen molar-refractivity contribution >= 4 is 18.1 Å². The van der Waals surface area contributed by atoms with E-state index in [2.05, 4.69) is 0 Å². The Morgan fingerprint density at radius 3 is 2.62 bits per heavy atom. The highest BCUT2D eigenvalue weighted by Gasteiger charge is 2.23. The van der Waals surface area contributed by atoms with Gasteiger partial charge in [0.05, 0.1) is 12.2 Å². The number of esters is 1. The van der Waals surface area contributed by atoms with Crippen LogP contribution in [0, 0.1) is 0 Å². The maximum Gasteiger partial charge on any atom is 0.415 e. The van der Waals surface area contributed by atoms with Crippen LogP contribution in [0.5, 0.6) is 17.2 Å². The second kappa shape index (κ2) is 8.24. The van der Waals surface area contributed by atoms with Gasteiger partial charge in [0.25, 0.3) is 0 Å². The van der Waals surface area contributed by atoms with Crippen molar-refractivity contribution in [2.24, 2.45) is 0 Å². The lowest BCUT2D eigenvalue weighted by Gasteiger charge is -2.19. The van der Waals surface area contributed by atoms with E-state index in [4.69, 9.17) is 18.9 Å². The molecule has 0 saturated carbocycles. The van der Waals surface area contributed by atoms with Crippen molar-refractivity contribution in [2.45, 2.75) is 20.8 Å². The zero-order valence-corrected chi connectivity index (χ0v) is 14.0. The van der Waals surface area contributed by atoms with Crippen LogP contribution in [0.15, 0.2) is 18.2 Å². The van der Waals surface area contributed by atoms with Crippen LogP contribution in [0.25, 0.3) is 6.08 Å². The molecule has 1 aromatic carbocycles. The summed E-state index contributed by atoms with van der Waals surface area (Å²) in [7, 11) is 0. The van der Waals surface area contributed by atoms with E-state index in [1.165, 1.54) is 12.2 Å². The third kappa shape index (κ3) is 3.98. The number of fused-ring (bicyclic) bond motifs is 1. The van der Waals surface area contributed by atoms with Crippen LogP contribution in [-0.4, -0.2) is 43.5 Å². The molecule has 0 aromatic heterocycles. The summed E-state index contributed by atoms with van der Waals surface area (Å²) < 4.78 is 21.1. The fourth-order valence-electron chi connectivity index (χ4n) is 2.20. The summed E-state index contributed by atoms with van der Waals surface area (Å²) in [4.78, 5) is 25.3. The molecule has 1 heterocycles. The first kappa shape index (κ1) is 17.7. The third-order valence-corrected chi connectivity index (χ3v) is 3.43. The normalized spacial score (nSPS) is 12.3. The number of carbonyl (C=O) groups excluding carboxylic acids is 2. The summed E-state index contributed by atoms with van der Waals surface area (Å²) >= 11 is 0. The van der Waals surface area contributed by atoms with Gasteiger partial charge in [-0.25, -0.2) is 9.59 Å². The molecule has 0 spiro atoms. The molecule has 0 N–H and O–H groups in total. The lowest BCUT2D eigenvalue weighted by atomic mass is 10.1. The predicted molar refractivity (Wildman–Crippen MR) is 87.2 cm³/mol. The summed E-state index contributed by atoms with van der Waals surface area (Å²) in [6.07, 6.45) is 2.29. The monoisotopic (exact) mass is 335 g/mol. The summed E-state index contributed by atoms with van der Waals surface area (Å²) in [5, 5.41) is 0. The second-order valence-electron chi connectivity index (χ2n) is 4.84. The summed E-state index contributed by atoms with van der Waals surface area (Å²) in [5.74, 6) is 0.758. The van der Waals surface area contributed by atoms with Gasteiger partial charge < -0.3 is 23.8 Å². The van der Waals surface area contributed by atoms with Crippen molar-refractivity contribution in [3.63, 3.8) is 0 Å². The minimum Gasteiger partial charge on any atom is -0.463 e. The molecule has 24 heavy (non-hydrogen) atoms. The van der Waals surface area contributed by atoms with Crippen molar-refractivity contribution in [2.75, 3.05) is 26.5 Å². The summed E-state index contributed by atoms with van der Waals surface area (Å²) in [5.41, 5.74) is 0.457. The zero-order valence-electron chi connectivity index (χ0n) is 14.0. The Morgan fingerprint density at radius 2 is 1.96 bits per heavy atom. The lowest BCUT2D eigenvalue weighted by Crippen LogP contribution is -2.33. The maximum absolute atomic E-state index is 12.2. The van der Waals surface area contributed by atoms with E-state index in [1.807, 2.05) is 13.8 Å². The molecule has 0 atom stereocenters. The van der Waals surface area contributed by atoms with E-state index in [-0.39, 0.29) is 19.1 Å². The Hall–Kier alpha value is -2.70. The summed E-state index contributed by atoms with van der Waals surface area (Å²) in [6.45, 7) is 6.88. The molecule has 1 aliphatic heterocycles. The van der Waals surface area contributed by atoms with Crippen molar-refractivity contribution in [3.8, 4) is 17.2 Å². The Balaban J connectivity index is 2.30. The Kier molecular flexibility index (Phi) is 6.06. The number of amides is 1. The zero-order chi connectivity index (χ0) is 17.5. The molecule has 7 heteroatoms. The molecule has 0 fully saturated rings. The number of benzene rings is 1. The number of hydrogen-bond acceptors (Lipinski definition) is 6. The number of hydrogen-bond donors (Lipinski definition) is 0. The molecule has 0 aliphatic carbocycles. The Labute approximate surface area is 140 Å². The highest BCUT2D eigenvalue weighted by Crippen LogP contribution is 2.41. The quantitative estimate of drug-likeness (QED) is 0.588. The molecule has 0 unspecified atom stereocenters. The van der Waals surface area contributed by atoms with E-state index in [9.17, 15) is 9.59 Å². The van der Waals surface area contributed by atoms with Gasteiger partial charge in [-0.05, 0) is 39.0 Å². The SMILES string of the molecule is CCOC(=O)/C=C/c1c(OC(=O)N(CC)CC)ccc2c1OCO2. The molecule has 0 radical (unpaired) electrons. The van der Waals surface area contributed by atoms with E-state index in [0.717, 1.165) is 0 Å². The maximum atomic E-state index is 12.2. The van der Waals surface area contributed by atoms with Gasteiger partial charge in [-0.2, -0.15) is 0 Å². The largest absolute Gasteiger partial charge is 0.463 e. The predicted octanol–water partition coefficient (Wildman–Crippen LogP) is 2.83. The minimum absolute atomic E-state index is 0.0724. The van der Waals surface area contributed by atoms with Crippen LogP contribution in [0.2, 0.25) is 0 Å². The van der Waals surface area contributed by atoms with Gasteiger partial charge in [0.2, 0.25) is 6.79 Å². The van der Waals surface area contributed by atoms with Crippen LogP contribution in [0.1, 0.15) is 26.3 Å². The van der Waals surface area contributed by atoms with Gasteiger partial charge in [0.15, 0.2) is 11.5 Å². The molecule has 0 saturated heterocycles. The van der Waals surface area contributed by atoms with Crippen LogP contribution in [0.3, 0.4) is 0 Å². The Bertz CT molecular complexity index is 636. The van der Waals surface area contributed by atoms with E-state index < -0.39 is 12.1 Å². The highest BCUT2D eigenvalue weighted by molar-refractivity contribution is 5.89. The van der Waals surface area contributed by atoms with Crippen LogP contribution < -0.4 is 14.2 Å². The minimum atomic E-state index is -0.491. The van der Waals surface area contributed by atoms with Gasteiger partial charge in [-0.15, -0.1) is 0 Å². The van der Waals surface area contributed by atoms with Gasteiger partial charge >= 0.3 is 12.1 Å². The van der Waals surface area contributed by atoms with Gasteiger partial charge in [-0.1, -0.05) is 0 Å². The van der Waals surface area contributed by atoms with E-state index >= 15 is 0 Å². The second-order valence-corrected chi connectivity index (χ2v) is 4.84. The van der Waals surface area contributed by atoms with Crippen LogP contribution >= 0.6 is 0 Å². The molecular formula is C17H21NO6. The molecule has 1 aromatic rings. The molecule has 1 aliphatic rings. The van der Waals surface area contributed by atoms with Crippen molar-refractivity contribution in [1.29, 1.82) is 0 Å². The Morgan fingerprint density at radius 1 is 1.21 bits per heavy atom. The average molecular weight is 335 g/mol. The fourth-order valence-corrected chi connectivity index (χ4v) is 2.20. The number of carbonyl (C=O) groups is 2. The van der Waals surface area contributed by atoms with Crippen LogP contribution in [0.4, 0.5) is 4.79 Å². The number of rotatable bonds is 6. The van der Waals surface area contributed by atoms with Crippen molar-refractivity contribution in [1.82, 2.24) is 4.90 Å². The smallest absolute Gasteiger partial charge is 0.415 e. The fraction of sp³-hybridized carbons (Fsp3) is 0.412. The van der Waals surface area contributed by atoms with Crippen LogP contribution in [-0.2, 0) is 9.53 Å². The number of ether oxygens (including phenoxy) is 4. The lowest BCUT2D eigenvalue weighted by molar-refractivity contribution is -0.137. The van der Waals surface area contributed by atoms with Gasteiger partial charge in [-0.3, -0.25) is 0 Å². The van der Waals surface area contributed by atoms with Gasteiger partial charge in [0.1, 0.15) is 5.75 Å². The first-order chi connectivity index (χ1) is 11.6. The topological polar surface area (TPSA) is 74.3 Å². The molecule has 0 bridgehead atoms. The third-order valence-electron chi connectivity index (χ3n) is 3.43. The summed E-state index contributed by atoms with van der Waals surface area (Å²) in [6, 6.07) is 3.27. The molecular weight excluding hydrogens is 314 g/mol. The molecule has 1 amide bonds. The average Bonchev–Trinajstić information content (AvgIpc) is 3.04. The number of nitrogens with zero attached hydrogens (tertiary/aromatic N) is 1. The first-order valence-corrected chi connectivity index (χ1v) is 7.84.